The zero-order chi connectivity index (χ0) is 7.40. The zero-order valence-corrected chi connectivity index (χ0v) is 6.64. The predicted octanol–water partition coefficient (Wildman–Crippen LogP) is 0.757. The molecule has 0 aromatic rings. The second-order valence-corrected chi connectivity index (χ2v) is 3.11. The van der Waals surface area contributed by atoms with Crippen molar-refractivity contribution >= 4 is 0 Å². The van der Waals surface area contributed by atoms with Crippen molar-refractivity contribution in [3.63, 3.8) is 0 Å². The molecule has 1 saturated heterocycles. The SMILES string of the molecule is CCCC1CCNC[C@@H]1O. The maximum atomic E-state index is 9.44. The van der Waals surface area contributed by atoms with Crippen LogP contribution in [-0.4, -0.2) is 24.3 Å². The Morgan fingerprint density at radius 1 is 1.60 bits per heavy atom. The highest BCUT2D eigenvalue weighted by Gasteiger charge is 2.20. The van der Waals surface area contributed by atoms with Gasteiger partial charge in [-0.2, -0.15) is 0 Å². The molecule has 2 nitrogen and oxygen atoms in total. The van der Waals surface area contributed by atoms with Crippen molar-refractivity contribution in [3.05, 3.63) is 0 Å². The minimum Gasteiger partial charge on any atom is -0.392 e. The van der Waals surface area contributed by atoms with Crippen LogP contribution in [0.15, 0.2) is 0 Å². The van der Waals surface area contributed by atoms with E-state index < -0.39 is 0 Å². The van der Waals surface area contributed by atoms with Crippen molar-refractivity contribution in [2.75, 3.05) is 13.1 Å². The fraction of sp³-hybridized carbons (Fsp3) is 1.00. The molecule has 0 amide bonds. The highest BCUT2D eigenvalue weighted by molar-refractivity contribution is 4.76. The van der Waals surface area contributed by atoms with Crippen LogP contribution < -0.4 is 5.32 Å². The second-order valence-electron chi connectivity index (χ2n) is 3.11. The zero-order valence-electron chi connectivity index (χ0n) is 6.64. The Morgan fingerprint density at radius 2 is 2.40 bits per heavy atom. The minimum atomic E-state index is -0.0892. The molecule has 1 aliphatic heterocycles. The Hall–Kier alpha value is -0.0800. The molecular weight excluding hydrogens is 126 g/mol. The summed E-state index contributed by atoms with van der Waals surface area (Å²) in [7, 11) is 0. The predicted molar refractivity (Wildman–Crippen MR) is 41.9 cm³/mol. The maximum Gasteiger partial charge on any atom is 0.0693 e. The molecular formula is C8H17NO. The van der Waals surface area contributed by atoms with Crippen molar-refractivity contribution in [1.82, 2.24) is 5.32 Å². The standard InChI is InChI=1S/C8H17NO/c1-2-3-7-4-5-9-6-8(7)10/h7-10H,2-6H2,1H3/t7?,8-/m0/s1. The monoisotopic (exact) mass is 143 g/mol. The average Bonchev–Trinajstić information content (AvgIpc) is 1.94. The van der Waals surface area contributed by atoms with Crippen molar-refractivity contribution in [1.29, 1.82) is 0 Å². The van der Waals surface area contributed by atoms with Gasteiger partial charge in [-0.25, -0.2) is 0 Å². The van der Waals surface area contributed by atoms with Crippen molar-refractivity contribution in [2.24, 2.45) is 5.92 Å². The summed E-state index contributed by atoms with van der Waals surface area (Å²) in [5.74, 6) is 0.561. The van der Waals surface area contributed by atoms with E-state index in [0.717, 1.165) is 19.5 Å². The molecule has 2 atom stereocenters. The van der Waals surface area contributed by atoms with Gasteiger partial charge in [0, 0.05) is 6.54 Å². The lowest BCUT2D eigenvalue weighted by Crippen LogP contribution is -2.40. The molecule has 60 valence electrons. The van der Waals surface area contributed by atoms with Crippen LogP contribution in [0.3, 0.4) is 0 Å². The lowest BCUT2D eigenvalue weighted by atomic mass is 9.91. The van der Waals surface area contributed by atoms with Gasteiger partial charge in [0.15, 0.2) is 0 Å². The van der Waals surface area contributed by atoms with Gasteiger partial charge < -0.3 is 10.4 Å². The maximum absolute atomic E-state index is 9.44. The number of aliphatic hydroxyl groups excluding tert-OH is 1. The van der Waals surface area contributed by atoms with E-state index in [1.165, 1.54) is 12.8 Å². The molecule has 1 heterocycles. The molecule has 0 aliphatic carbocycles. The molecule has 0 aromatic carbocycles. The van der Waals surface area contributed by atoms with E-state index >= 15 is 0 Å². The van der Waals surface area contributed by atoms with E-state index in [1.54, 1.807) is 0 Å². The average molecular weight is 143 g/mol. The molecule has 0 saturated carbocycles. The number of hydrogen-bond donors (Lipinski definition) is 2. The molecule has 1 rings (SSSR count). The Morgan fingerprint density at radius 3 is 3.00 bits per heavy atom. The molecule has 0 bridgehead atoms. The number of β-amino-alcohol motifs (C(OH)–C–C–N with tert-alkyl or cyclic N) is 1. The summed E-state index contributed by atoms with van der Waals surface area (Å²) >= 11 is 0. The van der Waals surface area contributed by atoms with Gasteiger partial charge in [0.25, 0.3) is 0 Å². The Bertz CT molecular complexity index is 93.3. The number of piperidine rings is 1. The number of aliphatic hydroxyl groups is 1. The summed E-state index contributed by atoms with van der Waals surface area (Å²) in [5.41, 5.74) is 0. The minimum absolute atomic E-state index is 0.0892. The van der Waals surface area contributed by atoms with Gasteiger partial charge in [-0.3, -0.25) is 0 Å². The van der Waals surface area contributed by atoms with E-state index in [1.807, 2.05) is 0 Å². The van der Waals surface area contributed by atoms with Crippen molar-refractivity contribution in [3.8, 4) is 0 Å². The summed E-state index contributed by atoms with van der Waals surface area (Å²) in [6.45, 7) is 4.06. The number of nitrogens with one attached hydrogen (secondary N) is 1. The largest absolute Gasteiger partial charge is 0.392 e. The van der Waals surface area contributed by atoms with Crippen LogP contribution >= 0.6 is 0 Å². The molecule has 10 heavy (non-hydrogen) atoms. The molecule has 2 N–H and O–H groups in total. The highest BCUT2D eigenvalue weighted by atomic mass is 16.3. The lowest BCUT2D eigenvalue weighted by molar-refractivity contribution is 0.0768. The fourth-order valence-electron chi connectivity index (χ4n) is 1.60. The molecule has 2 heteroatoms. The van der Waals surface area contributed by atoms with Crippen LogP contribution in [0.2, 0.25) is 0 Å². The first-order valence-electron chi connectivity index (χ1n) is 4.23. The molecule has 1 unspecified atom stereocenters. The molecule has 0 radical (unpaired) electrons. The molecule has 0 aromatic heterocycles. The third-order valence-electron chi connectivity index (χ3n) is 2.25. The third-order valence-corrected chi connectivity index (χ3v) is 2.25. The molecule has 1 aliphatic rings. The summed E-state index contributed by atoms with van der Waals surface area (Å²) in [4.78, 5) is 0. The highest BCUT2D eigenvalue weighted by Crippen LogP contribution is 2.17. The summed E-state index contributed by atoms with van der Waals surface area (Å²) in [6, 6.07) is 0. The van der Waals surface area contributed by atoms with Gasteiger partial charge in [-0.15, -0.1) is 0 Å². The van der Waals surface area contributed by atoms with Crippen LogP contribution in [0.25, 0.3) is 0 Å². The van der Waals surface area contributed by atoms with Gasteiger partial charge in [-0.05, 0) is 25.3 Å². The number of rotatable bonds is 2. The summed E-state index contributed by atoms with van der Waals surface area (Å²) < 4.78 is 0. The first-order valence-corrected chi connectivity index (χ1v) is 4.23. The first-order chi connectivity index (χ1) is 4.84. The Kier molecular flexibility index (Phi) is 3.16. The summed E-state index contributed by atoms with van der Waals surface area (Å²) in [5, 5.41) is 12.6. The van der Waals surface area contributed by atoms with Crippen LogP contribution in [0, 0.1) is 5.92 Å². The van der Waals surface area contributed by atoms with Gasteiger partial charge in [0.2, 0.25) is 0 Å². The van der Waals surface area contributed by atoms with E-state index in [4.69, 9.17) is 0 Å². The van der Waals surface area contributed by atoms with Crippen molar-refractivity contribution in [2.45, 2.75) is 32.3 Å². The topological polar surface area (TPSA) is 32.3 Å². The van der Waals surface area contributed by atoms with E-state index in [-0.39, 0.29) is 6.10 Å². The van der Waals surface area contributed by atoms with Crippen LogP contribution in [-0.2, 0) is 0 Å². The molecule has 0 spiro atoms. The normalized spacial score (nSPS) is 34.2. The smallest absolute Gasteiger partial charge is 0.0693 e. The van der Waals surface area contributed by atoms with Gasteiger partial charge in [-0.1, -0.05) is 13.3 Å². The summed E-state index contributed by atoms with van der Waals surface area (Å²) in [6.07, 6.45) is 3.44. The Balaban J connectivity index is 2.25. The quantitative estimate of drug-likeness (QED) is 0.598. The van der Waals surface area contributed by atoms with Gasteiger partial charge in [0.05, 0.1) is 6.10 Å². The Labute approximate surface area is 62.6 Å². The van der Waals surface area contributed by atoms with Gasteiger partial charge >= 0.3 is 0 Å². The van der Waals surface area contributed by atoms with E-state index in [0.29, 0.717) is 5.92 Å². The first kappa shape index (κ1) is 8.02. The van der Waals surface area contributed by atoms with E-state index in [9.17, 15) is 5.11 Å². The van der Waals surface area contributed by atoms with Crippen LogP contribution in [0.1, 0.15) is 26.2 Å². The van der Waals surface area contributed by atoms with Crippen LogP contribution in [0.5, 0.6) is 0 Å². The third kappa shape index (κ3) is 1.96. The second kappa shape index (κ2) is 3.94. The van der Waals surface area contributed by atoms with Crippen LogP contribution in [0.4, 0.5) is 0 Å². The fourth-order valence-corrected chi connectivity index (χ4v) is 1.60. The van der Waals surface area contributed by atoms with Crippen molar-refractivity contribution < 1.29 is 5.11 Å². The molecule has 1 fully saturated rings. The van der Waals surface area contributed by atoms with E-state index in [2.05, 4.69) is 12.2 Å². The number of hydrogen-bond acceptors (Lipinski definition) is 2. The van der Waals surface area contributed by atoms with Gasteiger partial charge in [0.1, 0.15) is 0 Å². The lowest BCUT2D eigenvalue weighted by Gasteiger charge is -2.27.